The fraction of sp³-hybridized carbons (Fsp3) is 0.200. The van der Waals surface area contributed by atoms with Gasteiger partial charge in [0.1, 0.15) is 0 Å². The van der Waals surface area contributed by atoms with E-state index in [0.717, 1.165) is 33.4 Å². The first-order valence-electron chi connectivity index (χ1n) is 14.0. The smallest absolute Gasteiger partial charge is 0.0422 e. The Hall–Kier alpha value is -3.32. The maximum absolute atomic E-state index is 9.00. The largest absolute Gasteiger partial charge is 0.355 e. The lowest BCUT2D eigenvalue weighted by atomic mass is 9.81. The molecule has 0 saturated heterocycles. The van der Waals surface area contributed by atoms with Crippen LogP contribution in [0.5, 0.6) is 0 Å². The molecule has 4 aromatic rings. The van der Waals surface area contributed by atoms with Gasteiger partial charge in [0.25, 0.3) is 0 Å². The third kappa shape index (κ3) is 3.35. The van der Waals surface area contributed by atoms with E-state index in [2.05, 4.69) is 19.2 Å². The molecule has 0 aliphatic heterocycles. The first-order valence-corrected chi connectivity index (χ1v) is 10.5. The molecule has 5 rings (SSSR count). The minimum absolute atomic E-state index is 0.0733. The Morgan fingerprint density at radius 1 is 0.742 bits per heavy atom. The molecule has 1 heteroatoms. The van der Waals surface area contributed by atoms with Crippen LogP contribution in [0.25, 0.3) is 22.3 Å². The minimum Gasteiger partial charge on any atom is -0.355 e. The molecule has 1 aliphatic carbocycles. The third-order valence-corrected chi connectivity index (χ3v) is 6.26. The molecule has 0 radical (unpaired) electrons. The van der Waals surface area contributed by atoms with Gasteiger partial charge in [-0.3, -0.25) is 0 Å². The highest BCUT2D eigenvalue weighted by atomic mass is 14.9. The summed E-state index contributed by atoms with van der Waals surface area (Å²) in [6.45, 7) is -2.02. The van der Waals surface area contributed by atoms with Crippen molar-refractivity contribution in [3.05, 3.63) is 108 Å². The molecule has 0 bridgehead atoms. The molecule has 154 valence electrons. The van der Waals surface area contributed by atoms with Crippen molar-refractivity contribution in [1.82, 2.24) is 0 Å². The second-order valence-electron chi connectivity index (χ2n) is 8.56. The Labute approximate surface area is 195 Å². The average molecular weight is 411 g/mol. The fourth-order valence-corrected chi connectivity index (χ4v) is 4.59. The van der Waals surface area contributed by atoms with Crippen molar-refractivity contribution in [2.75, 3.05) is 5.32 Å². The van der Waals surface area contributed by atoms with Crippen LogP contribution < -0.4 is 5.32 Å². The van der Waals surface area contributed by atoms with Gasteiger partial charge in [-0.25, -0.2) is 0 Å². The number of rotatable bonds is 4. The lowest BCUT2D eigenvalue weighted by Crippen LogP contribution is -2.15. The summed E-state index contributed by atoms with van der Waals surface area (Å²) >= 11 is 0. The summed E-state index contributed by atoms with van der Waals surface area (Å²) in [6.07, 6.45) is 0. The van der Waals surface area contributed by atoms with E-state index in [-0.39, 0.29) is 11.0 Å². The van der Waals surface area contributed by atoms with Crippen LogP contribution in [0.4, 0.5) is 11.4 Å². The van der Waals surface area contributed by atoms with Crippen molar-refractivity contribution >= 4 is 11.4 Å². The average Bonchev–Trinajstić information content (AvgIpc) is 3.09. The number of hydrogen-bond donors (Lipinski definition) is 1. The van der Waals surface area contributed by atoms with Crippen LogP contribution in [0.3, 0.4) is 0 Å². The Morgan fingerprint density at radius 2 is 1.42 bits per heavy atom. The van der Waals surface area contributed by atoms with E-state index in [1.807, 2.05) is 84.9 Å². The van der Waals surface area contributed by atoms with Gasteiger partial charge in [0.15, 0.2) is 0 Å². The molecule has 4 aromatic carbocycles. The van der Waals surface area contributed by atoms with Crippen LogP contribution in [0.2, 0.25) is 0 Å². The zero-order chi connectivity index (χ0) is 27.5. The molecule has 0 saturated carbocycles. The minimum atomic E-state index is -3.10. The number of anilines is 2. The zero-order valence-corrected chi connectivity index (χ0v) is 17.7. The van der Waals surface area contributed by atoms with Gasteiger partial charge >= 0.3 is 0 Å². The van der Waals surface area contributed by atoms with Gasteiger partial charge in [0.2, 0.25) is 0 Å². The molecule has 1 nitrogen and oxygen atoms in total. The Balaban J connectivity index is 1.70. The molecule has 1 aliphatic rings. The van der Waals surface area contributed by atoms with Gasteiger partial charge < -0.3 is 5.32 Å². The third-order valence-electron chi connectivity index (χ3n) is 6.26. The molecule has 0 aromatic heterocycles. The lowest BCUT2D eigenvalue weighted by molar-refractivity contribution is 0.660. The molecule has 0 atom stereocenters. The van der Waals surface area contributed by atoms with Gasteiger partial charge in [-0.05, 0) is 69.1 Å². The normalized spacial score (nSPS) is 18.2. The predicted molar refractivity (Wildman–Crippen MR) is 133 cm³/mol. The summed E-state index contributed by atoms with van der Waals surface area (Å²) in [4.78, 5) is 0. The summed E-state index contributed by atoms with van der Waals surface area (Å²) in [6, 6.07) is 28.9. The molecule has 31 heavy (non-hydrogen) atoms. The SMILES string of the molecule is [2H]C([2H])([2H])C([2H])(c1cc2c(cc1Nc1ccc(-c3ccccc3)cc1)C(C)(C)c1ccccc1-2)C([2H])([2H])[2H]. The Kier molecular flexibility index (Phi) is 3.15. The molecular weight excluding hydrogens is 374 g/mol. The standard InChI is InChI=1S/C30H29N/c1-20(2)25-18-26-24-12-8-9-13-27(24)30(3,4)28(26)19-29(25)31-23-16-14-22(15-17-23)21-10-6-5-7-11-21/h5-20,31H,1-4H3/i1D3,2D3,20D. The molecule has 1 N–H and O–H groups in total. The van der Waals surface area contributed by atoms with Crippen molar-refractivity contribution in [2.45, 2.75) is 38.9 Å². The fourth-order valence-electron chi connectivity index (χ4n) is 4.59. The topological polar surface area (TPSA) is 12.0 Å². The summed E-state index contributed by atoms with van der Waals surface area (Å²) in [5, 5.41) is 3.28. The second-order valence-corrected chi connectivity index (χ2v) is 8.56. The van der Waals surface area contributed by atoms with Crippen LogP contribution in [0.1, 0.15) is 59.7 Å². The van der Waals surface area contributed by atoms with E-state index in [9.17, 15) is 0 Å². The lowest BCUT2D eigenvalue weighted by Gasteiger charge is -2.24. The van der Waals surface area contributed by atoms with Gasteiger partial charge in [-0.1, -0.05) is 94.3 Å². The summed E-state index contributed by atoms with van der Waals surface area (Å²) < 4.78 is 57.9. The highest BCUT2D eigenvalue weighted by Crippen LogP contribution is 2.50. The van der Waals surface area contributed by atoms with E-state index in [0.29, 0.717) is 11.4 Å². The number of hydrogen-bond acceptors (Lipinski definition) is 1. The summed E-state index contributed by atoms with van der Waals surface area (Å²) in [5.41, 5.74) is 6.29. The van der Waals surface area contributed by atoms with Crippen LogP contribution in [0, 0.1) is 0 Å². The number of nitrogens with one attached hydrogen (secondary N) is 1. The van der Waals surface area contributed by atoms with Crippen LogP contribution in [0.15, 0.2) is 91.0 Å². The van der Waals surface area contributed by atoms with Gasteiger partial charge in [0, 0.05) is 26.4 Å². The van der Waals surface area contributed by atoms with Crippen molar-refractivity contribution in [2.24, 2.45) is 0 Å². The van der Waals surface area contributed by atoms with Gasteiger partial charge in [-0.2, -0.15) is 0 Å². The van der Waals surface area contributed by atoms with Crippen LogP contribution in [-0.2, 0) is 5.41 Å². The van der Waals surface area contributed by atoms with Crippen molar-refractivity contribution < 1.29 is 9.60 Å². The van der Waals surface area contributed by atoms with E-state index in [1.165, 1.54) is 0 Å². The highest BCUT2D eigenvalue weighted by Gasteiger charge is 2.36. The molecule has 0 spiro atoms. The van der Waals surface area contributed by atoms with Crippen molar-refractivity contribution in [3.8, 4) is 22.3 Å². The summed E-state index contributed by atoms with van der Waals surface area (Å²) in [5.74, 6) is -2.84. The monoisotopic (exact) mass is 410 g/mol. The first-order chi connectivity index (χ1) is 17.7. The van der Waals surface area contributed by atoms with E-state index in [4.69, 9.17) is 9.60 Å². The zero-order valence-electron chi connectivity index (χ0n) is 24.7. The van der Waals surface area contributed by atoms with E-state index >= 15 is 0 Å². The molecule has 0 fully saturated rings. The maximum Gasteiger partial charge on any atom is 0.0422 e. The van der Waals surface area contributed by atoms with E-state index < -0.39 is 19.6 Å². The van der Waals surface area contributed by atoms with Crippen LogP contribution >= 0.6 is 0 Å². The molecule has 0 heterocycles. The number of benzene rings is 4. The first kappa shape index (κ1) is 13.2. The van der Waals surface area contributed by atoms with Gasteiger partial charge in [0.05, 0.1) is 0 Å². The van der Waals surface area contributed by atoms with Crippen molar-refractivity contribution in [1.29, 1.82) is 0 Å². The van der Waals surface area contributed by atoms with Gasteiger partial charge in [-0.15, -0.1) is 0 Å². The molecule has 0 unspecified atom stereocenters. The molecular formula is C30H29N. The Bertz CT molecular complexity index is 1470. The summed E-state index contributed by atoms with van der Waals surface area (Å²) in [7, 11) is 0. The second kappa shape index (κ2) is 7.42. The van der Waals surface area contributed by atoms with Crippen molar-refractivity contribution in [3.63, 3.8) is 0 Å². The van der Waals surface area contributed by atoms with E-state index in [1.54, 1.807) is 6.07 Å². The molecule has 0 amide bonds. The van der Waals surface area contributed by atoms with Crippen LogP contribution in [-0.4, -0.2) is 0 Å². The predicted octanol–water partition coefficient (Wildman–Crippen LogP) is 8.53. The Morgan fingerprint density at radius 3 is 2.16 bits per heavy atom. The quantitative estimate of drug-likeness (QED) is 0.355. The number of fused-ring (bicyclic) bond motifs is 3. The highest BCUT2D eigenvalue weighted by molar-refractivity contribution is 5.84. The maximum atomic E-state index is 9.00.